The Morgan fingerprint density at radius 1 is 0.680 bits per heavy atom. The maximum Gasteiger partial charge on any atom is 0.416 e. The zero-order valence-corrected chi connectivity index (χ0v) is 27.1. The molecule has 11 heteroatoms. The average Bonchev–Trinajstić information content (AvgIpc) is 3.39. The number of halogens is 6. The molecule has 0 aromatic heterocycles. The summed E-state index contributed by atoms with van der Waals surface area (Å²) in [5.41, 5.74) is 2.55. The van der Waals surface area contributed by atoms with Crippen LogP contribution in [0.15, 0.2) is 97.1 Å². The van der Waals surface area contributed by atoms with E-state index < -0.39 is 35.8 Å². The minimum atomic E-state index is -4.54. The Hall–Kier alpha value is -4.64. The van der Waals surface area contributed by atoms with Gasteiger partial charge in [0.25, 0.3) is 5.91 Å². The highest BCUT2D eigenvalue weighted by molar-refractivity contribution is 6.01. The molecule has 2 amide bonds. The van der Waals surface area contributed by atoms with Crippen molar-refractivity contribution in [1.82, 2.24) is 16.0 Å². The van der Waals surface area contributed by atoms with E-state index in [1.54, 1.807) is 36.4 Å². The second kappa shape index (κ2) is 14.3. The van der Waals surface area contributed by atoms with Gasteiger partial charge in [-0.2, -0.15) is 26.3 Å². The van der Waals surface area contributed by atoms with Gasteiger partial charge < -0.3 is 16.0 Å². The number of nitrogens with one attached hydrogen (secondary N) is 3. The van der Waals surface area contributed by atoms with Crippen LogP contribution in [-0.4, -0.2) is 43.2 Å². The number of alkyl halides is 6. The Bertz CT molecular complexity index is 1780. The average molecular weight is 694 g/mol. The van der Waals surface area contributed by atoms with Gasteiger partial charge in [-0.05, 0) is 96.6 Å². The van der Waals surface area contributed by atoms with E-state index in [-0.39, 0.29) is 18.0 Å². The Labute approximate surface area is 286 Å². The molecule has 262 valence electrons. The lowest BCUT2D eigenvalue weighted by Crippen LogP contribution is -2.47. The van der Waals surface area contributed by atoms with E-state index in [0.717, 1.165) is 48.9 Å². The Kier molecular flexibility index (Phi) is 10.1. The second-order valence-electron chi connectivity index (χ2n) is 13.0. The van der Waals surface area contributed by atoms with Gasteiger partial charge in [-0.15, -0.1) is 0 Å². The number of hydrogen-bond acceptors (Lipinski definition) is 3. The normalized spacial score (nSPS) is 18.2. The molecule has 0 spiro atoms. The first kappa shape index (κ1) is 35.2. The number of amides is 2. The first-order chi connectivity index (χ1) is 23.9. The fourth-order valence-electron chi connectivity index (χ4n) is 7.42. The van der Waals surface area contributed by atoms with Crippen molar-refractivity contribution in [1.29, 1.82) is 0 Å². The summed E-state index contributed by atoms with van der Waals surface area (Å²) in [4.78, 5) is 27.0. The van der Waals surface area contributed by atoms with Crippen molar-refractivity contribution >= 4 is 11.8 Å². The monoisotopic (exact) mass is 693 g/mol. The molecule has 0 unspecified atom stereocenters. The largest absolute Gasteiger partial charge is 0.416 e. The predicted octanol–water partition coefficient (Wildman–Crippen LogP) is 8.43. The standard InChI is InChI=1S/C39H37F6N3O2/c40-38(41,42)24-47-36(50)37(33-12-5-3-9-30(33)31-10-4-6-13-34(31)37)22-7-23-46-27-18-20-28(21-19-27)48-35(49)32-11-2-1-8-29(32)25-14-16-26(17-15-25)39(43,44)45/h1-6,8-17,27-28,46H,7,18-24H2,(H,47,50)(H,48,49)/t27-,28-. The van der Waals surface area contributed by atoms with Crippen molar-refractivity contribution in [2.75, 3.05) is 13.1 Å². The second-order valence-corrected chi connectivity index (χ2v) is 13.0. The molecule has 0 heterocycles. The van der Waals surface area contributed by atoms with Gasteiger partial charge in [-0.1, -0.05) is 78.9 Å². The van der Waals surface area contributed by atoms with Crippen molar-refractivity contribution in [3.05, 3.63) is 119 Å². The van der Waals surface area contributed by atoms with Crippen molar-refractivity contribution in [3.63, 3.8) is 0 Å². The highest BCUT2D eigenvalue weighted by atomic mass is 19.4. The fourth-order valence-corrected chi connectivity index (χ4v) is 7.42. The lowest BCUT2D eigenvalue weighted by atomic mass is 9.73. The van der Waals surface area contributed by atoms with Gasteiger partial charge in [-0.3, -0.25) is 9.59 Å². The molecule has 2 aliphatic carbocycles. The van der Waals surface area contributed by atoms with Gasteiger partial charge in [0, 0.05) is 17.6 Å². The zero-order chi connectivity index (χ0) is 35.5. The van der Waals surface area contributed by atoms with Gasteiger partial charge in [0.2, 0.25) is 5.91 Å². The number of rotatable bonds is 10. The highest BCUT2D eigenvalue weighted by Gasteiger charge is 2.49. The van der Waals surface area contributed by atoms with E-state index in [0.29, 0.717) is 47.2 Å². The third kappa shape index (κ3) is 7.43. The van der Waals surface area contributed by atoms with E-state index in [9.17, 15) is 35.9 Å². The summed E-state index contributed by atoms with van der Waals surface area (Å²) in [5, 5.41) is 8.82. The van der Waals surface area contributed by atoms with Crippen LogP contribution < -0.4 is 16.0 Å². The summed E-state index contributed by atoms with van der Waals surface area (Å²) < 4.78 is 78.7. The Balaban J connectivity index is 1.05. The van der Waals surface area contributed by atoms with E-state index >= 15 is 0 Å². The molecule has 50 heavy (non-hydrogen) atoms. The van der Waals surface area contributed by atoms with Gasteiger partial charge in [-0.25, -0.2) is 0 Å². The maximum atomic E-state index is 13.7. The van der Waals surface area contributed by atoms with Crippen LogP contribution in [0.4, 0.5) is 26.3 Å². The minimum absolute atomic E-state index is 0.0756. The van der Waals surface area contributed by atoms with E-state index in [4.69, 9.17) is 0 Å². The van der Waals surface area contributed by atoms with Crippen molar-refractivity contribution in [2.45, 2.75) is 68.4 Å². The summed E-state index contributed by atoms with van der Waals surface area (Å²) in [6.45, 7) is -0.850. The van der Waals surface area contributed by atoms with E-state index in [1.165, 1.54) is 12.1 Å². The lowest BCUT2D eigenvalue weighted by Gasteiger charge is -2.32. The van der Waals surface area contributed by atoms with Crippen LogP contribution in [0, 0.1) is 0 Å². The molecular weight excluding hydrogens is 656 g/mol. The molecule has 1 fully saturated rings. The van der Waals surface area contributed by atoms with Gasteiger partial charge >= 0.3 is 12.4 Å². The summed E-state index contributed by atoms with van der Waals surface area (Å²) in [5.74, 6) is -0.952. The molecule has 0 aliphatic heterocycles. The molecule has 6 rings (SSSR count). The molecular formula is C39H37F6N3O2. The Morgan fingerprint density at radius 2 is 1.22 bits per heavy atom. The quantitative estimate of drug-likeness (QED) is 0.115. The molecule has 0 atom stereocenters. The van der Waals surface area contributed by atoms with Crippen LogP contribution in [0.5, 0.6) is 0 Å². The highest BCUT2D eigenvalue weighted by Crippen LogP contribution is 2.51. The zero-order valence-electron chi connectivity index (χ0n) is 27.1. The molecule has 3 N–H and O–H groups in total. The van der Waals surface area contributed by atoms with Crippen LogP contribution in [0.1, 0.15) is 65.6 Å². The van der Waals surface area contributed by atoms with Crippen LogP contribution in [0.25, 0.3) is 22.3 Å². The number of hydrogen-bond donors (Lipinski definition) is 3. The molecule has 5 nitrogen and oxygen atoms in total. The van der Waals surface area contributed by atoms with Crippen LogP contribution in [0.2, 0.25) is 0 Å². The van der Waals surface area contributed by atoms with Gasteiger partial charge in [0.05, 0.1) is 5.56 Å². The van der Waals surface area contributed by atoms with E-state index in [1.807, 2.05) is 36.4 Å². The molecule has 0 radical (unpaired) electrons. The molecule has 0 bridgehead atoms. The summed E-state index contributed by atoms with van der Waals surface area (Å²) in [7, 11) is 0. The lowest BCUT2D eigenvalue weighted by molar-refractivity contribution is -0.141. The molecule has 2 aliphatic rings. The first-order valence-electron chi connectivity index (χ1n) is 16.7. The summed E-state index contributed by atoms with van der Waals surface area (Å²) in [6.07, 6.45) is -5.11. The molecule has 4 aromatic carbocycles. The van der Waals surface area contributed by atoms with Crippen molar-refractivity contribution in [2.24, 2.45) is 0 Å². The summed E-state index contributed by atoms with van der Waals surface area (Å²) >= 11 is 0. The topological polar surface area (TPSA) is 70.2 Å². The predicted molar refractivity (Wildman–Crippen MR) is 179 cm³/mol. The smallest absolute Gasteiger partial charge is 0.349 e. The molecule has 0 saturated heterocycles. The fraction of sp³-hybridized carbons (Fsp3) is 0.333. The van der Waals surface area contributed by atoms with Gasteiger partial charge in [0.1, 0.15) is 12.0 Å². The molecule has 1 saturated carbocycles. The number of benzene rings is 4. The van der Waals surface area contributed by atoms with Crippen LogP contribution >= 0.6 is 0 Å². The van der Waals surface area contributed by atoms with Crippen molar-refractivity contribution < 1.29 is 35.9 Å². The Morgan fingerprint density at radius 3 is 1.80 bits per heavy atom. The number of carbonyl (C=O) groups excluding carboxylic acids is 2. The van der Waals surface area contributed by atoms with Crippen LogP contribution in [0.3, 0.4) is 0 Å². The maximum absolute atomic E-state index is 13.7. The summed E-state index contributed by atoms with van der Waals surface area (Å²) in [6, 6.07) is 26.4. The van der Waals surface area contributed by atoms with Crippen molar-refractivity contribution in [3.8, 4) is 22.3 Å². The van der Waals surface area contributed by atoms with Gasteiger partial charge in [0.15, 0.2) is 0 Å². The SMILES string of the molecule is O=C(N[C@H]1CC[C@H](NCCCC2(C(=O)NCC(F)(F)F)c3ccccc3-c3ccccc32)CC1)c1ccccc1-c1ccc(C(F)(F)F)cc1. The number of fused-ring (bicyclic) bond motifs is 3. The van der Waals surface area contributed by atoms with Crippen LogP contribution in [-0.2, 0) is 16.4 Å². The molecule has 4 aromatic rings. The number of carbonyl (C=O) groups is 2. The first-order valence-corrected chi connectivity index (χ1v) is 16.7. The third-order valence-electron chi connectivity index (χ3n) is 9.82. The van der Waals surface area contributed by atoms with E-state index in [2.05, 4.69) is 16.0 Å². The minimum Gasteiger partial charge on any atom is -0.349 e. The third-order valence-corrected chi connectivity index (χ3v) is 9.82.